The van der Waals surface area contributed by atoms with Crippen molar-refractivity contribution >= 4 is 23.3 Å². The minimum absolute atomic E-state index is 0.211. The molecule has 1 aromatic heterocycles. The van der Waals surface area contributed by atoms with Crippen molar-refractivity contribution in [2.24, 2.45) is 0 Å². The molecule has 0 radical (unpaired) electrons. The van der Waals surface area contributed by atoms with Crippen LogP contribution in [0, 0.1) is 0 Å². The SMILES string of the molecule is C[C@@H]1C[C@@H](OC(=O)c2cc3c(s2)-c2ccccc2OC3)C(=O)O1. The summed E-state index contributed by atoms with van der Waals surface area (Å²) in [6.45, 7) is 2.21. The Morgan fingerprint density at radius 3 is 2.96 bits per heavy atom. The number of hydrogen-bond donors (Lipinski definition) is 0. The van der Waals surface area contributed by atoms with Gasteiger partial charge in [0.2, 0.25) is 6.10 Å². The van der Waals surface area contributed by atoms with Crippen molar-refractivity contribution in [1.29, 1.82) is 0 Å². The zero-order chi connectivity index (χ0) is 16.0. The fourth-order valence-electron chi connectivity index (χ4n) is 2.80. The van der Waals surface area contributed by atoms with Gasteiger partial charge in [-0.3, -0.25) is 0 Å². The number of benzene rings is 1. The highest BCUT2D eigenvalue weighted by Gasteiger charge is 2.36. The monoisotopic (exact) mass is 330 g/mol. The van der Waals surface area contributed by atoms with Crippen molar-refractivity contribution < 1.29 is 23.8 Å². The number of esters is 2. The molecule has 1 aromatic carbocycles. The normalized spacial score (nSPS) is 21.9. The lowest BCUT2D eigenvalue weighted by Gasteiger charge is -2.16. The van der Waals surface area contributed by atoms with Crippen LogP contribution in [0.4, 0.5) is 0 Å². The van der Waals surface area contributed by atoms with Gasteiger partial charge in [-0.25, -0.2) is 9.59 Å². The summed E-state index contributed by atoms with van der Waals surface area (Å²) in [6, 6.07) is 9.51. The van der Waals surface area contributed by atoms with Crippen molar-refractivity contribution in [2.45, 2.75) is 32.2 Å². The van der Waals surface area contributed by atoms with Crippen LogP contribution in [-0.2, 0) is 20.9 Å². The number of cyclic esters (lactones) is 1. The molecule has 0 aliphatic carbocycles. The molecule has 0 amide bonds. The molecule has 0 bridgehead atoms. The van der Waals surface area contributed by atoms with Crippen LogP contribution in [0.2, 0.25) is 0 Å². The van der Waals surface area contributed by atoms with Gasteiger partial charge in [-0.2, -0.15) is 0 Å². The van der Waals surface area contributed by atoms with Crippen molar-refractivity contribution in [1.82, 2.24) is 0 Å². The molecule has 1 fully saturated rings. The molecule has 2 aromatic rings. The standard InChI is InChI=1S/C17H14O5S/c1-9-6-13(16(18)21-9)22-17(19)14-7-10-8-20-12-5-3-2-4-11(12)15(10)23-14/h2-5,7,9,13H,6,8H2,1H3/t9-,13-/m1/s1. The van der Waals surface area contributed by atoms with Gasteiger partial charge in [-0.1, -0.05) is 12.1 Å². The molecule has 1 saturated heterocycles. The third kappa shape index (κ3) is 2.49. The maximum atomic E-state index is 12.3. The Hall–Kier alpha value is -2.34. The highest BCUT2D eigenvalue weighted by Crippen LogP contribution is 2.42. The maximum absolute atomic E-state index is 12.3. The molecule has 2 aliphatic rings. The number of hydrogen-bond acceptors (Lipinski definition) is 6. The molecule has 0 spiro atoms. The van der Waals surface area contributed by atoms with Crippen molar-refractivity contribution in [3.05, 3.63) is 40.8 Å². The number of thiophene rings is 1. The predicted octanol–water partition coefficient (Wildman–Crippen LogP) is 3.17. The highest BCUT2D eigenvalue weighted by atomic mass is 32.1. The molecular formula is C17H14O5S. The van der Waals surface area contributed by atoms with Crippen LogP contribution in [0.15, 0.2) is 30.3 Å². The van der Waals surface area contributed by atoms with Gasteiger partial charge in [0.1, 0.15) is 23.3 Å². The summed E-state index contributed by atoms with van der Waals surface area (Å²) < 4.78 is 16.0. The van der Waals surface area contributed by atoms with Gasteiger partial charge in [0.15, 0.2) is 0 Å². The molecular weight excluding hydrogens is 316 g/mol. The summed E-state index contributed by atoms with van der Waals surface area (Å²) in [5.74, 6) is -0.145. The minimum atomic E-state index is -0.805. The van der Waals surface area contributed by atoms with E-state index in [-0.39, 0.29) is 6.10 Å². The third-order valence-corrected chi connectivity index (χ3v) is 5.09. The zero-order valence-electron chi connectivity index (χ0n) is 12.4. The quantitative estimate of drug-likeness (QED) is 0.792. The first-order valence-corrected chi connectivity index (χ1v) is 8.20. The lowest BCUT2D eigenvalue weighted by molar-refractivity contribution is -0.147. The van der Waals surface area contributed by atoms with E-state index in [0.29, 0.717) is 17.9 Å². The average molecular weight is 330 g/mol. The van der Waals surface area contributed by atoms with Gasteiger partial charge < -0.3 is 14.2 Å². The number of fused-ring (bicyclic) bond motifs is 3. The van der Waals surface area contributed by atoms with Crippen LogP contribution in [-0.4, -0.2) is 24.1 Å². The molecule has 118 valence electrons. The van der Waals surface area contributed by atoms with Crippen molar-refractivity contribution in [3.63, 3.8) is 0 Å². The second-order valence-electron chi connectivity index (χ2n) is 5.63. The van der Waals surface area contributed by atoms with Crippen LogP contribution in [0.3, 0.4) is 0 Å². The molecule has 3 heterocycles. The molecule has 4 rings (SSSR count). The van der Waals surface area contributed by atoms with E-state index in [1.165, 1.54) is 11.3 Å². The van der Waals surface area contributed by atoms with Crippen LogP contribution < -0.4 is 4.74 Å². The number of rotatable bonds is 2. The second-order valence-corrected chi connectivity index (χ2v) is 6.68. The fourth-order valence-corrected chi connectivity index (χ4v) is 3.88. The van der Waals surface area contributed by atoms with E-state index in [4.69, 9.17) is 14.2 Å². The summed E-state index contributed by atoms with van der Waals surface area (Å²) in [7, 11) is 0. The van der Waals surface area contributed by atoms with Gasteiger partial charge in [-0.05, 0) is 25.1 Å². The summed E-state index contributed by atoms with van der Waals surface area (Å²) in [5.41, 5.74) is 1.94. The Labute approximate surface area is 136 Å². The Bertz CT molecular complexity index is 794. The fraction of sp³-hybridized carbons (Fsp3) is 0.294. The van der Waals surface area contributed by atoms with E-state index in [2.05, 4.69) is 0 Å². The Morgan fingerprint density at radius 2 is 2.17 bits per heavy atom. The van der Waals surface area contributed by atoms with E-state index in [1.807, 2.05) is 24.3 Å². The summed E-state index contributed by atoms with van der Waals surface area (Å²) in [5, 5.41) is 0. The lowest BCUT2D eigenvalue weighted by Crippen LogP contribution is -2.22. The first-order valence-electron chi connectivity index (χ1n) is 7.38. The molecule has 2 aliphatic heterocycles. The van der Waals surface area contributed by atoms with Crippen molar-refractivity contribution in [3.8, 4) is 16.2 Å². The summed E-state index contributed by atoms with van der Waals surface area (Å²) >= 11 is 1.36. The molecule has 23 heavy (non-hydrogen) atoms. The minimum Gasteiger partial charge on any atom is -0.488 e. The van der Waals surface area contributed by atoms with E-state index in [9.17, 15) is 9.59 Å². The first kappa shape index (κ1) is 14.3. The summed E-state index contributed by atoms with van der Waals surface area (Å²) in [4.78, 5) is 25.4. The Kier molecular flexibility index (Phi) is 3.34. The van der Waals surface area contributed by atoms with Crippen molar-refractivity contribution in [2.75, 3.05) is 0 Å². The van der Waals surface area contributed by atoms with Crippen LogP contribution in [0.25, 0.3) is 10.4 Å². The van der Waals surface area contributed by atoms with Gasteiger partial charge >= 0.3 is 11.9 Å². The predicted molar refractivity (Wildman–Crippen MR) is 83.5 cm³/mol. The van der Waals surface area contributed by atoms with Crippen LogP contribution in [0.1, 0.15) is 28.6 Å². The lowest BCUT2D eigenvalue weighted by atomic mass is 10.1. The second kappa shape index (κ2) is 5.38. The number of carbonyl (C=O) groups is 2. The highest BCUT2D eigenvalue weighted by molar-refractivity contribution is 7.17. The van der Waals surface area contributed by atoms with Gasteiger partial charge in [0.05, 0.1) is 0 Å². The largest absolute Gasteiger partial charge is 0.488 e. The van der Waals surface area contributed by atoms with Gasteiger partial charge in [0, 0.05) is 22.4 Å². The number of carbonyl (C=O) groups excluding carboxylic acids is 2. The maximum Gasteiger partial charge on any atom is 0.349 e. The Balaban J connectivity index is 1.59. The van der Waals surface area contributed by atoms with Gasteiger partial charge in [0.25, 0.3) is 0 Å². The third-order valence-electron chi connectivity index (χ3n) is 3.90. The van der Waals surface area contributed by atoms with E-state index < -0.39 is 18.0 Å². The van der Waals surface area contributed by atoms with Gasteiger partial charge in [-0.15, -0.1) is 11.3 Å². The van der Waals surface area contributed by atoms with E-state index >= 15 is 0 Å². The number of ether oxygens (including phenoxy) is 3. The first-order chi connectivity index (χ1) is 11.1. The summed E-state index contributed by atoms with van der Waals surface area (Å²) in [6.07, 6.45) is -0.612. The van der Waals surface area contributed by atoms with E-state index in [0.717, 1.165) is 21.8 Å². The molecule has 6 heteroatoms. The topological polar surface area (TPSA) is 61.8 Å². The molecule has 5 nitrogen and oxygen atoms in total. The molecule has 0 N–H and O–H groups in total. The average Bonchev–Trinajstić information content (AvgIpc) is 3.11. The smallest absolute Gasteiger partial charge is 0.349 e. The molecule has 0 unspecified atom stereocenters. The molecule has 0 saturated carbocycles. The van der Waals surface area contributed by atoms with E-state index in [1.54, 1.807) is 13.0 Å². The zero-order valence-corrected chi connectivity index (χ0v) is 13.2. The molecule has 2 atom stereocenters. The van der Waals surface area contributed by atoms with Crippen LogP contribution in [0.5, 0.6) is 5.75 Å². The van der Waals surface area contributed by atoms with Crippen LogP contribution >= 0.6 is 11.3 Å². The number of para-hydroxylation sites is 1. The Morgan fingerprint density at radius 1 is 1.35 bits per heavy atom.